The molecule has 0 aliphatic rings. The third kappa shape index (κ3) is 3.19. The number of benzene rings is 1. The summed E-state index contributed by atoms with van der Waals surface area (Å²) in [5.74, 6) is 0.864. The molecule has 4 nitrogen and oxygen atoms in total. The minimum atomic E-state index is 0.218. The van der Waals surface area contributed by atoms with E-state index in [1.54, 1.807) is 7.11 Å². The summed E-state index contributed by atoms with van der Waals surface area (Å²) in [6.45, 7) is 2.84. The van der Waals surface area contributed by atoms with Crippen molar-refractivity contribution in [3.05, 3.63) is 53.3 Å². The molecule has 20 heavy (non-hydrogen) atoms. The largest absolute Gasteiger partial charge is 0.497 e. The van der Waals surface area contributed by atoms with E-state index in [1.807, 2.05) is 42.1 Å². The maximum Gasteiger partial charge on any atom is 0.120 e. The van der Waals surface area contributed by atoms with Crippen LogP contribution < -0.4 is 10.1 Å². The Bertz CT molecular complexity index is 625. The lowest BCUT2D eigenvalue weighted by Gasteiger charge is -2.14. The Hall–Kier alpha value is -2.25. The Balaban J connectivity index is 2.00. The smallest absolute Gasteiger partial charge is 0.120 e. The molecule has 0 bridgehead atoms. The van der Waals surface area contributed by atoms with Crippen molar-refractivity contribution >= 4 is 0 Å². The van der Waals surface area contributed by atoms with Gasteiger partial charge in [-0.15, -0.1) is 0 Å². The number of aryl methyl sites for hydroxylation is 1. The maximum absolute atomic E-state index is 8.94. The van der Waals surface area contributed by atoms with Gasteiger partial charge in [-0.05, 0) is 36.2 Å². The van der Waals surface area contributed by atoms with Crippen molar-refractivity contribution in [2.45, 2.75) is 19.5 Å². The van der Waals surface area contributed by atoms with Crippen molar-refractivity contribution in [2.24, 2.45) is 7.05 Å². The first-order chi connectivity index (χ1) is 9.63. The van der Waals surface area contributed by atoms with Gasteiger partial charge in [0.25, 0.3) is 0 Å². The average molecular weight is 269 g/mol. The first kappa shape index (κ1) is 14.2. The van der Waals surface area contributed by atoms with Gasteiger partial charge in [-0.2, -0.15) is 5.26 Å². The quantitative estimate of drug-likeness (QED) is 0.908. The number of nitrogens with zero attached hydrogens (tertiary/aromatic N) is 2. The molecule has 2 rings (SSSR count). The van der Waals surface area contributed by atoms with Gasteiger partial charge in [0, 0.05) is 25.8 Å². The lowest BCUT2D eigenvalue weighted by atomic mass is 10.1. The number of methoxy groups -OCH3 is 1. The minimum Gasteiger partial charge on any atom is -0.497 e. The van der Waals surface area contributed by atoms with Crippen LogP contribution in [0.4, 0.5) is 0 Å². The first-order valence-electron chi connectivity index (χ1n) is 6.56. The van der Waals surface area contributed by atoms with E-state index < -0.39 is 0 Å². The molecule has 4 heteroatoms. The van der Waals surface area contributed by atoms with Crippen LogP contribution in [0.15, 0.2) is 36.5 Å². The summed E-state index contributed by atoms with van der Waals surface area (Å²) in [4.78, 5) is 0. The topological polar surface area (TPSA) is 50.0 Å². The Kier molecular flexibility index (Phi) is 4.44. The van der Waals surface area contributed by atoms with Gasteiger partial charge >= 0.3 is 0 Å². The van der Waals surface area contributed by atoms with Gasteiger partial charge in [-0.25, -0.2) is 0 Å². The summed E-state index contributed by atoms with van der Waals surface area (Å²) in [5, 5.41) is 12.4. The molecule has 0 aliphatic heterocycles. The Morgan fingerprint density at radius 3 is 2.85 bits per heavy atom. The van der Waals surface area contributed by atoms with Crippen LogP contribution in [0.2, 0.25) is 0 Å². The van der Waals surface area contributed by atoms with Gasteiger partial charge in [0.15, 0.2) is 0 Å². The van der Waals surface area contributed by atoms with Crippen molar-refractivity contribution in [1.82, 2.24) is 9.88 Å². The molecule has 0 aliphatic carbocycles. The van der Waals surface area contributed by atoms with Crippen LogP contribution in [0.25, 0.3) is 0 Å². The van der Waals surface area contributed by atoms with Crippen LogP contribution in [0.1, 0.15) is 29.8 Å². The number of aromatic nitrogens is 1. The molecule has 0 radical (unpaired) electrons. The lowest BCUT2D eigenvalue weighted by molar-refractivity contribution is 0.413. The van der Waals surface area contributed by atoms with Gasteiger partial charge in [-0.3, -0.25) is 0 Å². The highest BCUT2D eigenvalue weighted by Gasteiger charge is 2.07. The summed E-state index contributed by atoms with van der Waals surface area (Å²) in [6.07, 6.45) is 1.98. The zero-order chi connectivity index (χ0) is 14.5. The molecule has 1 aromatic heterocycles. The van der Waals surface area contributed by atoms with Gasteiger partial charge in [0.1, 0.15) is 17.5 Å². The van der Waals surface area contributed by atoms with Gasteiger partial charge in [0.2, 0.25) is 0 Å². The minimum absolute atomic E-state index is 0.218. The third-order valence-corrected chi connectivity index (χ3v) is 3.38. The fourth-order valence-corrected chi connectivity index (χ4v) is 2.14. The second-order valence-corrected chi connectivity index (χ2v) is 4.84. The van der Waals surface area contributed by atoms with E-state index in [9.17, 15) is 0 Å². The molecule has 104 valence electrons. The van der Waals surface area contributed by atoms with Crippen molar-refractivity contribution in [2.75, 3.05) is 7.11 Å². The summed E-state index contributed by atoms with van der Waals surface area (Å²) in [5.41, 5.74) is 2.97. The Morgan fingerprint density at radius 1 is 1.40 bits per heavy atom. The number of nitrogens with one attached hydrogen (secondary N) is 1. The van der Waals surface area contributed by atoms with Crippen LogP contribution in [0.5, 0.6) is 5.75 Å². The van der Waals surface area contributed by atoms with Gasteiger partial charge in [0.05, 0.1) is 7.11 Å². The average Bonchev–Trinajstić information content (AvgIpc) is 2.85. The first-order valence-corrected chi connectivity index (χ1v) is 6.56. The summed E-state index contributed by atoms with van der Waals surface area (Å²) >= 11 is 0. The molecule has 0 saturated carbocycles. The van der Waals surface area contributed by atoms with Crippen LogP contribution >= 0.6 is 0 Å². The zero-order valence-electron chi connectivity index (χ0n) is 12.1. The predicted molar refractivity (Wildman–Crippen MR) is 78.4 cm³/mol. The highest BCUT2D eigenvalue weighted by molar-refractivity contribution is 5.31. The molecule has 0 amide bonds. The van der Waals surface area contributed by atoms with Crippen molar-refractivity contribution in [3.8, 4) is 11.8 Å². The normalized spacial score (nSPS) is 11.9. The van der Waals surface area contributed by atoms with E-state index in [-0.39, 0.29) is 6.04 Å². The second-order valence-electron chi connectivity index (χ2n) is 4.84. The highest BCUT2D eigenvalue weighted by Crippen LogP contribution is 2.19. The second kappa shape index (κ2) is 6.27. The molecule has 1 heterocycles. The number of hydrogen-bond donors (Lipinski definition) is 1. The Labute approximate surface area is 119 Å². The van der Waals surface area contributed by atoms with Crippen LogP contribution in [0, 0.1) is 11.3 Å². The molecular formula is C16H19N3O. The summed E-state index contributed by atoms with van der Waals surface area (Å²) in [7, 11) is 3.55. The summed E-state index contributed by atoms with van der Waals surface area (Å²) in [6, 6.07) is 12.3. The molecule has 1 N–H and O–H groups in total. The van der Waals surface area contributed by atoms with E-state index in [4.69, 9.17) is 10.00 Å². The van der Waals surface area contributed by atoms with Crippen LogP contribution in [-0.2, 0) is 13.6 Å². The number of hydrogen-bond acceptors (Lipinski definition) is 3. The number of ether oxygens (including phenoxy) is 1. The molecule has 0 unspecified atom stereocenters. The molecule has 0 spiro atoms. The van der Waals surface area contributed by atoms with Gasteiger partial charge in [-0.1, -0.05) is 12.1 Å². The molecule has 2 aromatic rings. The lowest BCUT2D eigenvalue weighted by Crippen LogP contribution is -2.17. The molecular weight excluding hydrogens is 250 g/mol. The van der Waals surface area contributed by atoms with Gasteiger partial charge < -0.3 is 14.6 Å². The van der Waals surface area contributed by atoms with Crippen LogP contribution in [0.3, 0.4) is 0 Å². The van der Waals surface area contributed by atoms with E-state index >= 15 is 0 Å². The monoisotopic (exact) mass is 269 g/mol. The summed E-state index contributed by atoms with van der Waals surface area (Å²) < 4.78 is 7.07. The SMILES string of the molecule is COc1cccc([C@@H](C)NCc2cc(C#N)n(C)c2)c1. The van der Waals surface area contributed by atoms with Crippen LogP contribution in [-0.4, -0.2) is 11.7 Å². The standard InChI is InChI=1S/C16H19N3O/c1-12(14-5-4-6-16(8-14)20-3)18-10-13-7-15(9-17)19(2)11-13/h4-8,11-12,18H,10H2,1-3H3/t12-/m1/s1. The molecule has 0 fully saturated rings. The van der Waals surface area contributed by atoms with E-state index in [1.165, 1.54) is 5.56 Å². The Morgan fingerprint density at radius 2 is 2.20 bits per heavy atom. The third-order valence-electron chi connectivity index (χ3n) is 3.38. The molecule has 1 aromatic carbocycles. The number of nitriles is 1. The molecule has 1 atom stereocenters. The zero-order valence-corrected chi connectivity index (χ0v) is 12.1. The van der Waals surface area contributed by atoms with Crippen molar-refractivity contribution in [3.63, 3.8) is 0 Å². The molecule has 0 saturated heterocycles. The van der Waals surface area contributed by atoms with E-state index in [0.717, 1.165) is 17.9 Å². The highest BCUT2D eigenvalue weighted by atomic mass is 16.5. The van der Waals surface area contributed by atoms with Crippen molar-refractivity contribution < 1.29 is 4.74 Å². The fourth-order valence-electron chi connectivity index (χ4n) is 2.14. The fraction of sp³-hybridized carbons (Fsp3) is 0.312. The predicted octanol–water partition coefficient (Wildman–Crippen LogP) is 2.76. The van der Waals surface area contributed by atoms with E-state index in [2.05, 4.69) is 24.4 Å². The maximum atomic E-state index is 8.94. The number of rotatable bonds is 5. The van der Waals surface area contributed by atoms with Crippen molar-refractivity contribution in [1.29, 1.82) is 5.26 Å². The van der Waals surface area contributed by atoms with E-state index in [0.29, 0.717) is 5.69 Å².